The van der Waals surface area contributed by atoms with Gasteiger partial charge in [0, 0.05) is 12.1 Å². The number of carboxylic acids is 1. The van der Waals surface area contributed by atoms with Gasteiger partial charge < -0.3 is 15.3 Å². The van der Waals surface area contributed by atoms with Crippen molar-refractivity contribution >= 4 is 22.0 Å². The summed E-state index contributed by atoms with van der Waals surface area (Å²) in [6.07, 6.45) is 0.176. The first kappa shape index (κ1) is 17.6. The summed E-state index contributed by atoms with van der Waals surface area (Å²) in [5, 5.41) is 16.0. The number of nitrogens with zero attached hydrogens (tertiary/aromatic N) is 1. The fourth-order valence-corrected chi connectivity index (χ4v) is 1.86. The molecule has 0 aliphatic heterocycles. The average Bonchev–Trinajstić information content (AvgIpc) is 2.17. The van der Waals surface area contributed by atoms with Crippen LogP contribution in [0.5, 0.6) is 0 Å². The van der Waals surface area contributed by atoms with Crippen LogP contribution in [-0.4, -0.2) is 54.8 Å². The number of carboxylic acid groups (broad SMARTS) is 1. The van der Waals surface area contributed by atoms with Gasteiger partial charge in [-0.15, -0.1) is 0 Å². The molecule has 0 saturated carbocycles. The molecule has 0 spiro atoms. The molecule has 8 nitrogen and oxygen atoms in total. The molecule has 0 rings (SSSR count). The molecule has 0 aromatic carbocycles. The maximum atomic E-state index is 11.8. The molecular weight excluding hydrogens is 274 g/mol. The lowest BCUT2D eigenvalue weighted by Crippen LogP contribution is -2.52. The summed E-state index contributed by atoms with van der Waals surface area (Å²) in [6.45, 7) is 4.81. The Hall–Kier alpha value is -1.35. The fourth-order valence-electron chi connectivity index (χ4n) is 1.31. The third-order valence-electron chi connectivity index (χ3n) is 2.23. The number of urea groups is 1. The minimum atomic E-state index is -3.55. The van der Waals surface area contributed by atoms with E-state index in [2.05, 4.69) is 5.32 Å². The van der Waals surface area contributed by atoms with E-state index in [4.69, 9.17) is 10.2 Å². The Kier molecular flexibility index (Phi) is 6.23. The van der Waals surface area contributed by atoms with Crippen LogP contribution in [0, 0.1) is 0 Å². The number of hydrogen-bond donors (Lipinski definition) is 3. The van der Waals surface area contributed by atoms with Crippen LogP contribution in [0.3, 0.4) is 0 Å². The third kappa shape index (κ3) is 8.38. The van der Waals surface area contributed by atoms with Crippen molar-refractivity contribution in [2.75, 3.05) is 18.8 Å². The van der Waals surface area contributed by atoms with E-state index >= 15 is 0 Å². The zero-order chi connectivity index (χ0) is 15.3. The lowest BCUT2D eigenvalue weighted by Gasteiger charge is -2.34. The quantitative estimate of drug-likeness (QED) is 0.572. The van der Waals surface area contributed by atoms with E-state index in [9.17, 15) is 18.0 Å². The molecule has 112 valence electrons. The number of nitrogens with one attached hydrogen (secondary N) is 1. The normalized spacial score (nSPS) is 12.0. The standard InChI is InChI=1S/C10H21N3O5S/c1-10(2,3)13(7-8(14)15)9(16)12-5-4-6-19(11,17)18/h4-7H2,1-3H3,(H,12,16)(H,14,15)(H2,11,17,18). The molecule has 0 saturated heterocycles. The number of primary sulfonamides is 1. The Bertz CT molecular complexity index is 427. The monoisotopic (exact) mass is 295 g/mol. The molecule has 0 fully saturated rings. The van der Waals surface area contributed by atoms with Gasteiger partial charge in [0.1, 0.15) is 6.54 Å². The zero-order valence-corrected chi connectivity index (χ0v) is 12.2. The molecule has 0 aromatic rings. The van der Waals surface area contributed by atoms with E-state index in [0.29, 0.717) is 0 Å². The molecule has 0 heterocycles. The van der Waals surface area contributed by atoms with Crippen molar-refractivity contribution in [2.24, 2.45) is 5.14 Å². The van der Waals surface area contributed by atoms with E-state index in [0.717, 1.165) is 4.90 Å². The van der Waals surface area contributed by atoms with Gasteiger partial charge in [0.05, 0.1) is 5.75 Å². The molecule has 0 atom stereocenters. The highest BCUT2D eigenvalue weighted by Gasteiger charge is 2.28. The largest absolute Gasteiger partial charge is 0.480 e. The summed E-state index contributed by atoms with van der Waals surface area (Å²) in [5.41, 5.74) is -0.650. The van der Waals surface area contributed by atoms with Crippen molar-refractivity contribution in [1.82, 2.24) is 10.2 Å². The van der Waals surface area contributed by atoms with E-state index in [1.807, 2.05) is 0 Å². The minimum Gasteiger partial charge on any atom is -0.480 e. The van der Waals surface area contributed by atoms with E-state index in [1.54, 1.807) is 20.8 Å². The van der Waals surface area contributed by atoms with Crippen molar-refractivity contribution in [1.29, 1.82) is 0 Å². The maximum Gasteiger partial charge on any atom is 0.323 e. The third-order valence-corrected chi connectivity index (χ3v) is 3.09. The Morgan fingerprint density at radius 3 is 2.21 bits per heavy atom. The number of sulfonamides is 1. The molecule has 9 heteroatoms. The van der Waals surface area contributed by atoms with Gasteiger partial charge in [-0.2, -0.15) is 0 Å². The molecule has 0 aromatic heterocycles. The summed E-state index contributed by atoms with van der Waals surface area (Å²) in [5.74, 6) is -1.35. The first-order valence-corrected chi connectivity index (χ1v) is 7.43. The van der Waals surface area contributed by atoms with Gasteiger partial charge in [0.2, 0.25) is 10.0 Å². The Labute approximate surface area is 113 Å². The highest BCUT2D eigenvalue weighted by atomic mass is 32.2. The van der Waals surface area contributed by atoms with Crippen LogP contribution in [0.15, 0.2) is 0 Å². The Morgan fingerprint density at radius 1 is 1.32 bits per heavy atom. The summed E-state index contributed by atoms with van der Waals surface area (Å²) in [4.78, 5) is 23.7. The summed E-state index contributed by atoms with van der Waals surface area (Å²) >= 11 is 0. The van der Waals surface area contributed by atoms with Gasteiger partial charge in [-0.05, 0) is 27.2 Å². The van der Waals surface area contributed by atoms with Crippen molar-refractivity contribution in [3.05, 3.63) is 0 Å². The molecule has 0 aliphatic rings. The van der Waals surface area contributed by atoms with E-state index < -0.39 is 34.1 Å². The van der Waals surface area contributed by atoms with Crippen molar-refractivity contribution in [3.63, 3.8) is 0 Å². The van der Waals surface area contributed by atoms with Gasteiger partial charge in [0.15, 0.2) is 0 Å². The second kappa shape index (κ2) is 6.71. The Morgan fingerprint density at radius 2 is 1.84 bits per heavy atom. The van der Waals surface area contributed by atoms with Crippen LogP contribution in [0.2, 0.25) is 0 Å². The smallest absolute Gasteiger partial charge is 0.323 e. The topological polar surface area (TPSA) is 130 Å². The van der Waals surface area contributed by atoms with E-state index in [1.165, 1.54) is 0 Å². The number of aliphatic carboxylic acids is 1. The number of carbonyl (C=O) groups is 2. The van der Waals surface area contributed by atoms with Crippen LogP contribution in [0.1, 0.15) is 27.2 Å². The van der Waals surface area contributed by atoms with Crippen molar-refractivity contribution < 1.29 is 23.1 Å². The predicted octanol–water partition coefficient (Wildman–Crippen LogP) is -0.440. The van der Waals surface area contributed by atoms with Crippen molar-refractivity contribution in [2.45, 2.75) is 32.7 Å². The average molecular weight is 295 g/mol. The maximum absolute atomic E-state index is 11.8. The van der Waals surface area contributed by atoms with Gasteiger partial charge >= 0.3 is 12.0 Å². The molecule has 19 heavy (non-hydrogen) atoms. The fraction of sp³-hybridized carbons (Fsp3) is 0.800. The molecule has 0 aliphatic carbocycles. The summed E-state index contributed by atoms with van der Waals surface area (Å²) < 4.78 is 21.4. The highest BCUT2D eigenvalue weighted by Crippen LogP contribution is 2.12. The molecular formula is C10H21N3O5S. The molecule has 0 bridgehead atoms. The van der Waals surface area contributed by atoms with Crippen LogP contribution in [-0.2, 0) is 14.8 Å². The lowest BCUT2D eigenvalue weighted by molar-refractivity contribution is -0.138. The number of amides is 2. The first-order chi connectivity index (χ1) is 8.43. The van der Waals surface area contributed by atoms with Crippen LogP contribution >= 0.6 is 0 Å². The summed E-state index contributed by atoms with van der Waals surface area (Å²) in [7, 11) is -3.55. The molecule has 2 amide bonds. The van der Waals surface area contributed by atoms with Gasteiger partial charge in [0.25, 0.3) is 0 Å². The molecule has 4 N–H and O–H groups in total. The van der Waals surface area contributed by atoms with Crippen molar-refractivity contribution in [3.8, 4) is 0 Å². The van der Waals surface area contributed by atoms with Crippen LogP contribution in [0.4, 0.5) is 4.79 Å². The highest BCUT2D eigenvalue weighted by molar-refractivity contribution is 7.89. The van der Waals surface area contributed by atoms with Crippen LogP contribution < -0.4 is 10.5 Å². The van der Waals surface area contributed by atoms with Gasteiger partial charge in [-0.3, -0.25) is 4.79 Å². The number of rotatable bonds is 6. The number of carbonyl (C=O) groups excluding carboxylic acids is 1. The molecule has 0 unspecified atom stereocenters. The van der Waals surface area contributed by atoms with Gasteiger partial charge in [-0.1, -0.05) is 0 Å². The SMILES string of the molecule is CC(C)(C)N(CC(=O)O)C(=O)NCCCS(N)(=O)=O. The van der Waals surface area contributed by atoms with E-state index in [-0.39, 0.29) is 18.7 Å². The minimum absolute atomic E-state index is 0.113. The lowest BCUT2D eigenvalue weighted by atomic mass is 10.1. The van der Waals surface area contributed by atoms with Crippen LogP contribution in [0.25, 0.3) is 0 Å². The molecule has 0 radical (unpaired) electrons. The predicted molar refractivity (Wildman–Crippen MR) is 70.1 cm³/mol. The second-order valence-electron chi connectivity index (χ2n) is 5.10. The first-order valence-electron chi connectivity index (χ1n) is 5.71. The Balaban J connectivity index is 4.38. The second-order valence-corrected chi connectivity index (χ2v) is 6.84. The van der Waals surface area contributed by atoms with Gasteiger partial charge in [-0.25, -0.2) is 18.4 Å². The number of hydrogen-bond acceptors (Lipinski definition) is 4. The summed E-state index contributed by atoms with van der Waals surface area (Å²) in [6, 6.07) is -0.552. The number of nitrogens with two attached hydrogens (primary N) is 1. The zero-order valence-electron chi connectivity index (χ0n) is 11.3.